The Kier molecular flexibility index (Phi) is 6.66. The van der Waals surface area contributed by atoms with Gasteiger partial charge in [0.25, 0.3) is 0 Å². The Morgan fingerprint density at radius 1 is 1.29 bits per heavy atom. The fourth-order valence-corrected chi connectivity index (χ4v) is 1.65. The zero-order valence-electron chi connectivity index (χ0n) is 9.66. The standard InChI is InChI=1S/C12H16Cl2O3/c1-2-5-16-7-10(15)8-17-12-4-3-9(13)6-11(12)14/h3-4,6,10,15H,2,5,7-8H2,1H3. The minimum atomic E-state index is -0.659. The number of ether oxygens (including phenoxy) is 2. The van der Waals surface area contributed by atoms with Crippen LogP contribution in [0, 0.1) is 0 Å². The summed E-state index contributed by atoms with van der Waals surface area (Å²) in [5, 5.41) is 10.5. The van der Waals surface area contributed by atoms with E-state index in [0.29, 0.717) is 22.4 Å². The number of hydrogen-bond donors (Lipinski definition) is 1. The van der Waals surface area contributed by atoms with Crippen LogP contribution >= 0.6 is 23.2 Å². The Labute approximate surface area is 111 Å². The van der Waals surface area contributed by atoms with Crippen molar-refractivity contribution in [1.29, 1.82) is 0 Å². The van der Waals surface area contributed by atoms with Crippen molar-refractivity contribution in [2.45, 2.75) is 19.4 Å². The van der Waals surface area contributed by atoms with Gasteiger partial charge in [-0.3, -0.25) is 0 Å². The van der Waals surface area contributed by atoms with E-state index in [2.05, 4.69) is 0 Å². The van der Waals surface area contributed by atoms with Gasteiger partial charge >= 0.3 is 0 Å². The van der Waals surface area contributed by atoms with E-state index in [1.54, 1.807) is 18.2 Å². The van der Waals surface area contributed by atoms with Gasteiger partial charge in [0.1, 0.15) is 18.5 Å². The van der Waals surface area contributed by atoms with Crippen molar-refractivity contribution in [1.82, 2.24) is 0 Å². The van der Waals surface area contributed by atoms with Crippen LogP contribution in [-0.4, -0.2) is 31.0 Å². The van der Waals surface area contributed by atoms with Crippen LogP contribution in [0.5, 0.6) is 5.75 Å². The molecule has 17 heavy (non-hydrogen) atoms. The summed E-state index contributed by atoms with van der Waals surface area (Å²) in [4.78, 5) is 0. The minimum absolute atomic E-state index is 0.144. The smallest absolute Gasteiger partial charge is 0.138 e. The summed E-state index contributed by atoms with van der Waals surface area (Å²) in [6.07, 6.45) is 0.268. The number of hydrogen-bond acceptors (Lipinski definition) is 3. The lowest BCUT2D eigenvalue weighted by Gasteiger charge is -2.13. The Morgan fingerprint density at radius 3 is 2.71 bits per heavy atom. The van der Waals surface area contributed by atoms with Gasteiger partial charge in [0, 0.05) is 11.6 Å². The second kappa shape index (κ2) is 7.77. The number of aliphatic hydroxyl groups is 1. The molecule has 0 amide bonds. The lowest BCUT2D eigenvalue weighted by molar-refractivity contribution is 0.0123. The van der Waals surface area contributed by atoms with E-state index < -0.39 is 6.10 Å². The molecule has 0 aromatic heterocycles. The van der Waals surface area contributed by atoms with Gasteiger partial charge in [0.2, 0.25) is 0 Å². The highest BCUT2D eigenvalue weighted by Gasteiger charge is 2.07. The van der Waals surface area contributed by atoms with Gasteiger partial charge in [-0.05, 0) is 24.6 Å². The first-order chi connectivity index (χ1) is 8.13. The molecule has 3 nitrogen and oxygen atoms in total. The minimum Gasteiger partial charge on any atom is -0.489 e. The van der Waals surface area contributed by atoms with Gasteiger partial charge in [0.15, 0.2) is 0 Å². The lowest BCUT2D eigenvalue weighted by atomic mass is 10.3. The number of benzene rings is 1. The molecule has 5 heteroatoms. The molecular formula is C12H16Cl2O3. The van der Waals surface area contributed by atoms with Crippen LogP contribution in [0.2, 0.25) is 10.0 Å². The molecule has 0 fully saturated rings. The highest BCUT2D eigenvalue weighted by Crippen LogP contribution is 2.27. The van der Waals surface area contributed by atoms with E-state index in [0.717, 1.165) is 6.42 Å². The molecule has 1 atom stereocenters. The van der Waals surface area contributed by atoms with E-state index in [-0.39, 0.29) is 13.2 Å². The number of rotatable bonds is 7. The molecule has 0 heterocycles. The topological polar surface area (TPSA) is 38.7 Å². The monoisotopic (exact) mass is 278 g/mol. The number of halogens is 2. The molecule has 0 spiro atoms. The van der Waals surface area contributed by atoms with Crippen LogP contribution < -0.4 is 4.74 Å². The first-order valence-corrected chi connectivity index (χ1v) is 6.22. The highest BCUT2D eigenvalue weighted by atomic mass is 35.5. The van der Waals surface area contributed by atoms with Crippen LogP contribution in [0.15, 0.2) is 18.2 Å². The molecule has 1 aromatic rings. The van der Waals surface area contributed by atoms with Crippen molar-refractivity contribution < 1.29 is 14.6 Å². The SMILES string of the molecule is CCCOCC(O)COc1ccc(Cl)cc1Cl. The van der Waals surface area contributed by atoms with Crippen LogP contribution in [0.3, 0.4) is 0 Å². The van der Waals surface area contributed by atoms with Crippen molar-refractivity contribution in [2.24, 2.45) is 0 Å². The predicted molar refractivity (Wildman–Crippen MR) is 69.1 cm³/mol. The fourth-order valence-electron chi connectivity index (χ4n) is 1.19. The van der Waals surface area contributed by atoms with Crippen LogP contribution in [-0.2, 0) is 4.74 Å². The Bertz CT molecular complexity index is 345. The quantitative estimate of drug-likeness (QED) is 0.779. The Balaban J connectivity index is 2.34. The fraction of sp³-hybridized carbons (Fsp3) is 0.500. The average Bonchev–Trinajstić information content (AvgIpc) is 2.28. The molecule has 1 rings (SSSR count). The maximum absolute atomic E-state index is 9.56. The summed E-state index contributed by atoms with van der Waals surface area (Å²) in [5.41, 5.74) is 0. The molecule has 1 unspecified atom stereocenters. The molecule has 0 aliphatic carbocycles. The summed E-state index contributed by atoms with van der Waals surface area (Å²) >= 11 is 11.7. The van der Waals surface area contributed by atoms with Gasteiger partial charge < -0.3 is 14.6 Å². The van der Waals surface area contributed by atoms with Crippen molar-refractivity contribution in [3.8, 4) is 5.75 Å². The first-order valence-electron chi connectivity index (χ1n) is 5.47. The number of aliphatic hydroxyl groups excluding tert-OH is 1. The third-order valence-electron chi connectivity index (χ3n) is 1.98. The molecule has 0 aliphatic heterocycles. The largest absolute Gasteiger partial charge is 0.489 e. The molecular weight excluding hydrogens is 263 g/mol. The molecule has 96 valence electrons. The van der Waals surface area contributed by atoms with E-state index in [9.17, 15) is 5.11 Å². The average molecular weight is 279 g/mol. The summed E-state index contributed by atoms with van der Waals surface area (Å²) in [5.74, 6) is 0.505. The van der Waals surface area contributed by atoms with Crippen molar-refractivity contribution in [3.05, 3.63) is 28.2 Å². The van der Waals surface area contributed by atoms with Crippen LogP contribution in [0.1, 0.15) is 13.3 Å². The summed E-state index contributed by atoms with van der Waals surface area (Å²) in [7, 11) is 0. The third kappa shape index (κ3) is 5.59. The molecule has 1 aromatic carbocycles. The van der Waals surface area contributed by atoms with Crippen LogP contribution in [0.4, 0.5) is 0 Å². The third-order valence-corrected chi connectivity index (χ3v) is 2.51. The molecule has 0 aliphatic rings. The maximum atomic E-state index is 9.56. The molecule has 0 radical (unpaired) electrons. The Morgan fingerprint density at radius 2 is 2.06 bits per heavy atom. The van der Waals surface area contributed by atoms with Gasteiger partial charge in [-0.1, -0.05) is 30.1 Å². The zero-order valence-corrected chi connectivity index (χ0v) is 11.2. The molecule has 0 bridgehead atoms. The van der Waals surface area contributed by atoms with Crippen LogP contribution in [0.25, 0.3) is 0 Å². The lowest BCUT2D eigenvalue weighted by Crippen LogP contribution is -2.23. The first kappa shape index (κ1) is 14.6. The van der Waals surface area contributed by atoms with E-state index in [1.807, 2.05) is 6.92 Å². The van der Waals surface area contributed by atoms with Gasteiger partial charge in [0.05, 0.1) is 11.6 Å². The zero-order chi connectivity index (χ0) is 12.7. The second-order valence-corrected chi connectivity index (χ2v) is 4.46. The van der Waals surface area contributed by atoms with Gasteiger partial charge in [-0.15, -0.1) is 0 Å². The van der Waals surface area contributed by atoms with Gasteiger partial charge in [-0.2, -0.15) is 0 Å². The summed E-state index contributed by atoms with van der Waals surface area (Å²) < 4.78 is 10.6. The molecule has 1 N–H and O–H groups in total. The van der Waals surface area contributed by atoms with Crippen molar-refractivity contribution in [2.75, 3.05) is 19.8 Å². The van der Waals surface area contributed by atoms with Crippen molar-refractivity contribution in [3.63, 3.8) is 0 Å². The Hall–Kier alpha value is -0.480. The molecule has 0 saturated carbocycles. The van der Waals surface area contributed by atoms with Crippen molar-refractivity contribution >= 4 is 23.2 Å². The molecule has 0 saturated heterocycles. The maximum Gasteiger partial charge on any atom is 0.138 e. The second-order valence-electron chi connectivity index (χ2n) is 3.61. The highest BCUT2D eigenvalue weighted by molar-refractivity contribution is 6.35. The summed E-state index contributed by atoms with van der Waals surface area (Å²) in [6.45, 7) is 3.05. The summed E-state index contributed by atoms with van der Waals surface area (Å²) in [6, 6.07) is 4.95. The van der Waals surface area contributed by atoms with E-state index >= 15 is 0 Å². The normalized spacial score (nSPS) is 12.5. The van der Waals surface area contributed by atoms with E-state index in [4.69, 9.17) is 32.7 Å². The van der Waals surface area contributed by atoms with Gasteiger partial charge in [-0.25, -0.2) is 0 Å². The van der Waals surface area contributed by atoms with E-state index in [1.165, 1.54) is 0 Å². The predicted octanol–water partition coefficient (Wildman–Crippen LogP) is 3.16.